The second-order valence-electron chi connectivity index (χ2n) is 5.60. The standard InChI is InChI=1S/C19H16O4/c1-11(2)19(21)23-14-5-7-16-15-6-4-13(22-10-20)8-17(15)12(3)18(16)9-14/h4-10,12H,1H2,2-3H3. The van der Waals surface area contributed by atoms with Crippen LogP contribution in [0.5, 0.6) is 11.5 Å². The highest BCUT2D eigenvalue weighted by Gasteiger charge is 2.26. The maximum absolute atomic E-state index is 11.7. The van der Waals surface area contributed by atoms with Crippen molar-refractivity contribution in [3.63, 3.8) is 0 Å². The second kappa shape index (κ2) is 5.72. The molecule has 0 fully saturated rings. The van der Waals surface area contributed by atoms with Gasteiger partial charge in [-0.3, -0.25) is 4.79 Å². The number of carbonyl (C=O) groups is 2. The van der Waals surface area contributed by atoms with Crippen molar-refractivity contribution in [3.8, 4) is 22.6 Å². The maximum atomic E-state index is 11.7. The molecule has 116 valence electrons. The molecule has 0 N–H and O–H groups in total. The van der Waals surface area contributed by atoms with Gasteiger partial charge in [0.05, 0.1) is 0 Å². The number of hydrogen-bond acceptors (Lipinski definition) is 4. The third kappa shape index (κ3) is 2.63. The lowest BCUT2D eigenvalue weighted by Crippen LogP contribution is -2.08. The van der Waals surface area contributed by atoms with E-state index in [1.807, 2.05) is 24.3 Å². The van der Waals surface area contributed by atoms with Crippen LogP contribution >= 0.6 is 0 Å². The smallest absolute Gasteiger partial charge is 0.338 e. The van der Waals surface area contributed by atoms with Gasteiger partial charge in [0, 0.05) is 11.5 Å². The largest absolute Gasteiger partial charge is 0.429 e. The highest BCUT2D eigenvalue weighted by atomic mass is 16.5. The van der Waals surface area contributed by atoms with Gasteiger partial charge in [-0.15, -0.1) is 0 Å². The first-order chi connectivity index (χ1) is 11.0. The minimum absolute atomic E-state index is 0.124. The Balaban J connectivity index is 1.97. The van der Waals surface area contributed by atoms with Gasteiger partial charge in [-0.1, -0.05) is 25.6 Å². The zero-order valence-corrected chi connectivity index (χ0v) is 13.0. The molecule has 1 aliphatic carbocycles. The van der Waals surface area contributed by atoms with Crippen molar-refractivity contribution in [3.05, 3.63) is 59.7 Å². The third-order valence-electron chi connectivity index (χ3n) is 4.01. The normalized spacial score (nSPS) is 14.6. The lowest BCUT2D eigenvalue weighted by Gasteiger charge is -2.09. The molecule has 0 heterocycles. The van der Waals surface area contributed by atoms with Crippen molar-refractivity contribution < 1.29 is 19.1 Å². The molecule has 0 spiro atoms. The first kappa shape index (κ1) is 15.0. The predicted molar refractivity (Wildman–Crippen MR) is 86.5 cm³/mol. The van der Waals surface area contributed by atoms with Gasteiger partial charge in [-0.2, -0.15) is 0 Å². The van der Waals surface area contributed by atoms with Crippen LogP contribution in [0, 0.1) is 0 Å². The van der Waals surface area contributed by atoms with Crippen LogP contribution in [0.4, 0.5) is 0 Å². The summed E-state index contributed by atoms with van der Waals surface area (Å²) in [6.45, 7) is 7.68. The molecule has 1 unspecified atom stereocenters. The Kier molecular flexibility index (Phi) is 3.74. The zero-order chi connectivity index (χ0) is 16.6. The molecule has 0 radical (unpaired) electrons. The molecular formula is C19H16O4. The van der Waals surface area contributed by atoms with Crippen molar-refractivity contribution in [2.45, 2.75) is 19.8 Å². The summed E-state index contributed by atoms with van der Waals surface area (Å²) in [6, 6.07) is 11.2. The highest BCUT2D eigenvalue weighted by molar-refractivity contribution is 5.89. The van der Waals surface area contributed by atoms with E-state index in [1.54, 1.807) is 19.1 Å². The molecule has 1 aliphatic rings. The number of hydrogen-bond donors (Lipinski definition) is 0. The van der Waals surface area contributed by atoms with Crippen LogP contribution in [0.2, 0.25) is 0 Å². The van der Waals surface area contributed by atoms with Crippen LogP contribution in [0.1, 0.15) is 30.9 Å². The van der Waals surface area contributed by atoms with Crippen molar-refractivity contribution in [1.29, 1.82) is 0 Å². The number of fused-ring (bicyclic) bond motifs is 3. The Morgan fingerprint density at radius 1 is 1.09 bits per heavy atom. The predicted octanol–water partition coefficient (Wildman–Crippen LogP) is 3.84. The van der Waals surface area contributed by atoms with E-state index in [1.165, 1.54) is 0 Å². The molecule has 0 aliphatic heterocycles. The van der Waals surface area contributed by atoms with Gasteiger partial charge in [-0.25, -0.2) is 4.79 Å². The van der Waals surface area contributed by atoms with E-state index in [2.05, 4.69) is 13.5 Å². The third-order valence-corrected chi connectivity index (χ3v) is 4.01. The van der Waals surface area contributed by atoms with E-state index in [0.29, 0.717) is 23.5 Å². The number of ether oxygens (including phenoxy) is 2. The summed E-state index contributed by atoms with van der Waals surface area (Å²) in [6.07, 6.45) is 0. The number of benzene rings is 2. The van der Waals surface area contributed by atoms with Crippen LogP contribution in [0.15, 0.2) is 48.6 Å². The Morgan fingerprint density at radius 3 is 2.22 bits per heavy atom. The van der Waals surface area contributed by atoms with E-state index in [9.17, 15) is 9.59 Å². The summed E-state index contributed by atoms with van der Waals surface area (Å²) in [5, 5.41) is 0. The summed E-state index contributed by atoms with van der Waals surface area (Å²) in [4.78, 5) is 22.2. The molecule has 0 saturated heterocycles. The quantitative estimate of drug-likeness (QED) is 0.373. The topological polar surface area (TPSA) is 52.6 Å². The molecule has 3 rings (SSSR count). The minimum Gasteiger partial charge on any atom is -0.429 e. The summed E-state index contributed by atoms with van der Waals surface area (Å²) in [5.41, 5.74) is 4.72. The summed E-state index contributed by atoms with van der Waals surface area (Å²) in [5.74, 6) is 0.710. The second-order valence-corrected chi connectivity index (χ2v) is 5.60. The van der Waals surface area contributed by atoms with Gasteiger partial charge in [0.15, 0.2) is 0 Å². The Labute approximate surface area is 134 Å². The van der Waals surface area contributed by atoms with Gasteiger partial charge in [0.25, 0.3) is 6.47 Å². The average Bonchev–Trinajstić information content (AvgIpc) is 2.80. The van der Waals surface area contributed by atoms with E-state index >= 15 is 0 Å². The summed E-state index contributed by atoms with van der Waals surface area (Å²) in [7, 11) is 0. The van der Waals surface area contributed by atoms with Gasteiger partial charge >= 0.3 is 5.97 Å². The van der Waals surface area contributed by atoms with Crippen LogP contribution in [-0.2, 0) is 9.59 Å². The van der Waals surface area contributed by atoms with Crippen molar-refractivity contribution in [2.24, 2.45) is 0 Å². The summed E-state index contributed by atoms with van der Waals surface area (Å²) >= 11 is 0. The lowest BCUT2D eigenvalue weighted by molar-refractivity contribution is -0.130. The molecule has 2 aromatic rings. The van der Waals surface area contributed by atoms with E-state index in [4.69, 9.17) is 9.47 Å². The molecule has 0 bridgehead atoms. The fourth-order valence-corrected chi connectivity index (χ4v) is 2.84. The van der Waals surface area contributed by atoms with Gasteiger partial charge < -0.3 is 9.47 Å². The number of carbonyl (C=O) groups excluding carboxylic acids is 2. The fourth-order valence-electron chi connectivity index (χ4n) is 2.84. The SMILES string of the molecule is C=C(C)C(=O)Oc1ccc2c(c1)C(C)c1cc(OC=O)ccc1-2. The van der Waals surface area contributed by atoms with Crippen LogP contribution < -0.4 is 9.47 Å². The molecule has 4 heteroatoms. The molecule has 0 amide bonds. The van der Waals surface area contributed by atoms with Crippen LogP contribution in [0.3, 0.4) is 0 Å². The van der Waals surface area contributed by atoms with Gasteiger partial charge in [0.2, 0.25) is 0 Å². The van der Waals surface area contributed by atoms with Gasteiger partial charge in [-0.05, 0) is 53.4 Å². The molecule has 2 aromatic carbocycles. The van der Waals surface area contributed by atoms with E-state index in [-0.39, 0.29) is 5.92 Å². The minimum atomic E-state index is -0.435. The van der Waals surface area contributed by atoms with Crippen LogP contribution in [0.25, 0.3) is 11.1 Å². The maximum Gasteiger partial charge on any atom is 0.338 e. The fraction of sp³-hybridized carbons (Fsp3) is 0.158. The van der Waals surface area contributed by atoms with Crippen molar-refractivity contribution in [2.75, 3.05) is 0 Å². The molecule has 0 aromatic heterocycles. The Bertz CT molecular complexity index is 820. The first-order valence-corrected chi connectivity index (χ1v) is 7.27. The average molecular weight is 308 g/mol. The van der Waals surface area contributed by atoms with Crippen molar-refractivity contribution in [1.82, 2.24) is 0 Å². The Morgan fingerprint density at radius 2 is 1.65 bits per heavy atom. The molecule has 0 saturated carbocycles. The molecular weight excluding hydrogens is 292 g/mol. The summed E-state index contributed by atoms with van der Waals surface area (Å²) < 4.78 is 10.2. The monoisotopic (exact) mass is 308 g/mol. The first-order valence-electron chi connectivity index (χ1n) is 7.27. The Hall–Kier alpha value is -2.88. The van der Waals surface area contributed by atoms with Crippen LogP contribution in [-0.4, -0.2) is 12.4 Å². The number of rotatable bonds is 4. The molecule has 4 nitrogen and oxygen atoms in total. The van der Waals surface area contributed by atoms with Gasteiger partial charge in [0.1, 0.15) is 11.5 Å². The highest BCUT2D eigenvalue weighted by Crippen LogP contribution is 2.46. The van der Waals surface area contributed by atoms with E-state index < -0.39 is 5.97 Å². The zero-order valence-electron chi connectivity index (χ0n) is 13.0. The molecule has 1 atom stereocenters. The van der Waals surface area contributed by atoms with E-state index in [0.717, 1.165) is 22.3 Å². The lowest BCUT2D eigenvalue weighted by atomic mass is 9.99. The number of esters is 1. The molecule has 23 heavy (non-hydrogen) atoms. The van der Waals surface area contributed by atoms with Crippen molar-refractivity contribution >= 4 is 12.4 Å².